The molecule has 4 heteroatoms. The third kappa shape index (κ3) is 3.27. The summed E-state index contributed by atoms with van der Waals surface area (Å²) in [6.45, 7) is 5.28. The number of hydrogen-bond acceptors (Lipinski definition) is 4. The lowest BCUT2D eigenvalue weighted by atomic mass is 9.98. The minimum absolute atomic E-state index is 0.130. The normalized spacial score (nSPS) is 24.5. The molecule has 1 aromatic carbocycles. The van der Waals surface area contributed by atoms with Gasteiger partial charge in [-0.1, -0.05) is 30.3 Å². The Hall–Kier alpha value is -1.39. The Morgan fingerprint density at radius 1 is 1.29 bits per heavy atom. The van der Waals surface area contributed by atoms with Crippen LogP contribution in [0.15, 0.2) is 30.3 Å². The predicted molar refractivity (Wildman–Crippen MR) is 82.2 cm³/mol. The molecule has 2 saturated heterocycles. The van der Waals surface area contributed by atoms with E-state index in [2.05, 4.69) is 9.80 Å². The number of ether oxygens (including phenoxy) is 1. The first kappa shape index (κ1) is 14.5. The maximum absolute atomic E-state index is 12.2. The van der Waals surface area contributed by atoms with E-state index in [1.807, 2.05) is 30.3 Å². The summed E-state index contributed by atoms with van der Waals surface area (Å²) >= 11 is 0. The van der Waals surface area contributed by atoms with E-state index in [0.717, 1.165) is 31.7 Å². The van der Waals surface area contributed by atoms with E-state index in [-0.39, 0.29) is 11.9 Å². The second kappa shape index (κ2) is 6.58. The van der Waals surface area contributed by atoms with E-state index >= 15 is 0 Å². The van der Waals surface area contributed by atoms with Crippen LogP contribution in [0.5, 0.6) is 0 Å². The molecule has 21 heavy (non-hydrogen) atoms. The van der Waals surface area contributed by atoms with Crippen LogP contribution in [0.25, 0.3) is 0 Å². The van der Waals surface area contributed by atoms with Crippen molar-refractivity contribution in [3.8, 4) is 0 Å². The standard InChI is InChI=1S/C17H24N2O2/c1-21-17(20)16(14-6-3-2-4-7-14)13-18-10-11-19-9-5-8-15(19)12-18/h2-4,6-7,15-16H,5,8-13H2,1H3. The fourth-order valence-electron chi connectivity index (χ4n) is 3.62. The number of nitrogens with zero attached hydrogens (tertiary/aromatic N) is 2. The van der Waals surface area contributed by atoms with Crippen molar-refractivity contribution in [2.24, 2.45) is 0 Å². The Kier molecular flexibility index (Phi) is 4.56. The van der Waals surface area contributed by atoms with Crippen molar-refractivity contribution in [3.05, 3.63) is 35.9 Å². The second-order valence-electron chi connectivity index (χ2n) is 6.08. The van der Waals surface area contributed by atoms with E-state index in [4.69, 9.17) is 4.74 Å². The Balaban J connectivity index is 1.68. The van der Waals surface area contributed by atoms with Crippen molar-refractivity contribution in [2.75, 3.05) is 39.8 Å². The topological polar surface area (TPSA) is 32.8 Å². The van der Waals surface area contributed by atoms with E-state index < -0.39 is 0 Å². The summed E-state index contributed by atoms with van der Waals surface area (Å²) in [4.78, 5) is 17.2. The highest BCUT2D eigenvalue weighted by atomic mass is 16.5. The number of carbonyl (C=O) groups excluding carboxylic acids is 1. The summed E-state index contributed by atoms with van der Waals surface area (Å²) < 4.78 is 5.02. The van der Waals surface area contributed by atoms with Crippen molar-refractivity contribution in [1.82, 2.24) is 9.80 Å². The molecule has 1 aromatic rings. The predicted octanol–water partition coefficient (Wildman–Crippen LogP) is 1.72. The second-order valence-corrected chi connectivity index (χ2v) is 6.08. The molecule has 2 fully saturated rings. The maximum Gasteiger partial charge on any atom is 0.314 e. The van der Waals surface area contributed by atoms with Crippen LogP contribution in [0.4, 0.5) is 0 Å². The summed E-state index contributed by atoms with van der Waals surface area (Å²) in [5, 5.41) is 0. The maximum atomic E-state index is 12.2. The van der Waals surface area contributed by atoms with Gasteiger partial charge in [0.2, 0.25) is 0 Å². The number of methoxy groups -OCH3 is 1. The zero-order valence-corrected chi connectivity index (χ0v) is 12.7. The number of hydrogen-bond donors (Lipinski definition) is 0. The highest BCUT2D eigenvalue weighted by Gasteiger charge is 2.33. The van der Waals surface area contributed by atoms with E-state index in [1.165, 1.54) is 26.5 Å². The molecule has 2 atom stereocenters. The molecule has 4 nitrogen and oxygen atoms in total. The average Bonchev–Trinajstić information content (AvgIpc) is 3.00. The third-order valence-electron chi connectivity index (χ3n) is 4.80. The van der Waals surface area contributed by atoms with Gasteiger partial charge in [0.15, 0.2) is 0 Å². The van der Waals surface area contributed by atoms with Crippen LogP contribution in [-0.2, 0) is 9.53 Å². The van der Waals surface area contributed by atoms with Gasteiger partial charge < -0.3 is 4.74 Å². The number of fused-ring (bicyclic) bond motifs is 1. The van der Waals surface area contributed by atoms with E-state index in [0.29, 0.717) is 6.04 Å². The molecule has 0 saturated carbocycles. The van der Waals surface area contributed by atoms with Crippen LogP contribution in [-0.4, -0.2) is 61.6 Å². The summed E-state index contributed by atoms with van der Waals surface area (Å²) in [6, 6.07) is 10.7. The molecule has 0 aliphatic carbocycles. The van der Waals surface area contributed by atoms with Crippen LogP contribution in [0.3, 0.4) is 0 Å². The Labute approximate surface area is 126 Å². The van der Waals surface area contributed by atoms with Crippen LogP contribution < -0.4 is 0 Å². The van der Waals surface area contributed by atoms with Gasteiger partial charge in [0, 0.05) is 32.2 Å². The largest absolute Gasteiger partial charge is 0.469 e. The molecule has 0 amide bonds. The molecule has 0 N–H and O–H groups in total. The quantitative estimate of drug-likeness (QED) is 0.790. The lowest BCUT2D eigenvalue weighted by Gasteiger charge is -2.38. The van der Waals surface area contributed by atoms with Gasteiger partial charge >= 0.3 is 5.97 Å². The molecular formula is C17H24N2O2. The number of carbonyl (C=O) groups is 1. The number of esters is 1. The van der Waals surface area contributed by atoms with E-state index in [1.54, 1.807) is 0 Å². The van der Waals surface area contributed by atoms with Gasteiger partial charge in [-0.25, -0.2) is 0 Å². The molecule has 2 heterocycles. The minimum Gasteiger partial charge on any atom is -0.469 e. The van der Waals surface area contributed by atoms with Crippen LogP contribution >= 0.6 is 0 Å². The Morgan fingerprint density at radius 3 is 2.86 bits per heavy atom. The molecule has 2 aliphatic heterocycles. The van der Waals surface area contributed by atoms with Crippen molar-refractivity contribution >= 4 is 5.97 Å². The van der Waals surface area contributed by atoms with Crippen molar-refractivity contribution in [2.45, 2.75) is 24.8 Å². The molecule has 0 radical (unpaired) electrons. The van der Waals surface area contributed by atoms with Gasteiger partial charge in [0.25, 0.3) is 0 Å². The zero-order valence-electron chi connectivity index (χ0n) is 12.7. The van der Waals surface area contributed by atoms with Crippen molar-refractivity contribution in [1.29, 1.82) is 0 Å². The summed E-state index contributed by atoms with van der Waals surface area (Å²) in [5.41, 5.74) is 1.05. The minimum atomic E-state index is -0.177. The fourth-order valence-corrected chi connectivity index (χ4v) is 3.62. The molecule has 2 aliphatic rings. The highest BCUT2D eigenvalue weighted by Crippen LogP contribution is 2.24. The first-order chi connectivity index (χ1) is 10.3. The molecule has 0 bridgehead atoms. The monoisotopic (exact) mass is 288 g/mol. The lowest BCUT2D eigenvalue weighted by molar-refractivity contribution is -0.143. The molecule has 2 unspecified atom stereocenters. The Morgan fingerprint density at radius 2 is 2.10 bits per heavy atom. The van der Waals surface area contributed by atoms with Crippen molar-refractivity contribution in [3.63, 3.8) is 0 Å². The SMILES string of the molecule is COC(=O)C(CN1CCN2CCCC2C1)c1ccccc1. The lowest BCUT2D eigenvalue weighted by Crippen LogP contribution is -2.51. The molecule has 0 aromatic heterocycles. The average molecular weight is 288 g/mol. The van der Waals surface area contributed by atoms with Gasteiger partial charge in [0.1, 0.15) is 0 Å². The van der Waals surface area contributed by atoms with Crippen molar-refractivity contribution < 1.29 is 9.53 Å². The number of benzene rings is 1. The molecule has 0 spiro atoms. The third-order valence-corrected chi connectivity index (χ3v) is 4.80. The molecule has 114 valence electrons. The summed E-state index contributed by atoms with van der Waals surface area (Å²) in [7, 11) is 1.48. The van der Waals surface area contributed by atoms with Crippen LogP contribution in [0, 0.1) is 0 Å². The fraction of sp³-hybridized carbons (Fsp3) is 0.588. The highest BCUT2D eigenvalue weighted by molar-refractivity contribution is 5.78. The van der Waals surface area contributed by atoms with Gasteiger partial charge in [-0.15, -0.1) is 0 Å². The smallest absolute Gasteiger partial charge is 0.314 e. The first-order valence-corrected chi connectivity index (χ1v) is 7.87. The zero-order chi connectivity index (χ0) is 14.7. The van der Waals surface area contributed by atoms with Gasteiger partial charge in [-0.3, -0.25) is 14.6 Å². The Bertz CT molecular complexity index is 477. The summed E-state index contributed by atoms with van der Waals surface area (Å²) in [6.07, 6.45) is 2.61. The first-order valence-electron chi connectivity index (χ1n) is 7.87. The number of piperazine rings is 1. The molecular weight excluding hydrogens is 264 g/mol. The van der Waals surface area contributed by atoms with Gasteiger partial charge in [0.05, 0.1) is 13.0 Å². The van der Waals surface area contributed by atoms with Crippen LogP contribution in [0.1, 0.15) is 24.3 Å². The number of rotatable bonds is 4. The van der Waals surface area contributed by atoms with Gasteiger partial charge in [-0.2, -0.15) is 0 Å². The van der Waals surface area contributed by atoms with Crippen LogP contribution in [0.2, 0.25) is 0 Å². The van der Waals surface area contributed by atoms with E-state index in [9.17, 15) is 4.79 Å². The van der Waals surface area contributed by atoms with Gasteiger partial charge in [-0.05, 0) is 24.9 Å². The summed E-state index contributed by atoms with van der Waals surface area (Å²) in [5.74, 6) is -0.306. The molecule has 3 rings (SSSR count).